The molecule has 0 heterocycles. The second kappa shape index (κ2) is 6.80. The summed E-state index contributed by atoms with van der Waals surface area (Å²) in [6.07, 6.45) is -4.62. The van der Waals surface area contributed by atoms with Gasteiger partial charge < -0.3 is 10.1 Å². The molecule has 1 aromatic rings. The first kappa shape index (κ1) is 17.3. The van der Waals surface area contributed by atoms with Crippen LogP contribution in [0.4, 0.5) is 18.9 Å². The molecule has 0 fully saturated rings. The number of halogens is 4. The highest BCUT2D eigenvalue weighted by atomic mass is 35.5. The topological polar surface area (TPSA) is 55.4 Å². The Labute approximate surface area is 124 Å². The Morgan fingerprint density at radius 1 is 1.33 bits per heavy atom. The number of nitrogens with one attached hydrogen (secondary N) is 1. The second-order valence-corrected chi connectivity index (χ2v) is 4.91. The summed E-state index contributed by atoms with van der Waals surface area (Å²) in [5.74, 6) is -1.71. The average Bonchev–Trinajstić information content (AvgIpc) is 2.36. The fourth-order valence-corrected chi connectivity index (χ4v) is 1.55. The van der Waals surface area contributed by atoms with E-state index in [0.717, 1.165) is 6.07 Å². The van der Waals surface area contributed by atoms with Crippen molar-refractivity contribution in [3.63, 3.8) is 0 Å². The van der Waals surface area contributed by atoms with E-state index in [-0.39, 0.29) is 5.69 Å². The zero-order valence-electron chi connectivity index (χ0n) is 11.3. The molecule has 0 saturated heterocycles. The summed E-state index contributed by atoms with van der Waals surface area (Å²) in [6, 6.07) is 2.96. The smallest absolute Gasteiger partial charge is 0.417 e. The number of esters is 1. The maximum atomic E-state index is 12.6. The van der Waals surface area contributed by atoms with Crippen LogP contribution in [0.3, 0.4) is 0 Å². The van der Waals surface area contributed by atoms with E-state index in [4.69, 9.17) is 11.6 Å². The van der Waals surface area contributed by atoms with Crippen LogP contribution in [0.15, 0.2) is 18.2 Å². The quantitative estimate of drug-likeness (QED) is 0.863. The molecule has 116 valence electrons. The van der Waals surface area contributed by atoms with Crippen molar-refractivity contribution in [2.24, 2.45) is 5.92 Å². The standard InChI is InChI=1S/C13H13ClF3NO3/c1-7(2)12(20)21-6-11(19)18-8-3-4-10(14)9(5-8)13(15,16)17/h3-5,7H,6H2,1-2H3,(H,18,19). The second-order valence-electron chi connectivity index (χ2n) is 4.50. The highest BCUT2D eigenvalue weighted by molar-refractivity contribution is 6.31. The summed E-state index contributed by atoms with van der Waals surface area (Å²) in [5, 5.41) is 1.74. The van der Waals surface area contributed by atoms with Crippen molar-refractivity contribution >= 4 is 29.2 Å². The summed E-state index contributed by atoms with van der Waals surface area (Å²) in [5.41, 5.74) is -1.14. The molecule has 1 rings (SSSR count). The maximum Gasteiger partial charge on any atom is 0.417 e. The first-order valence-electron chi connectivity index (χ1n) is 5.94. The highest BCUT2D eigenvalue weighted by Gasteiger charge is 2.33. The molecule has 0 aliphatic rings. The number of carbonyl (C=O) groups excluding carboxylic acids is 2. The van der Waals surface area contributed by atoms with Gasteiger partial charge in [0.2, 0.25) is 0 Å². The molecule has 21 heavy (non-hydrogen) atoms. The SMILES string of the molecule is CC(C)C(=O)OCC(=O)Nc1ccc(Cl)c(C(F)(F)F)c1. The van der Waals surface area contributed by atoms with Crippen LogP contribution in [-0.2, 0) is 20.5 Å². The molecule has 8 heteroatoms. The third kappa shape index (κ3) is 5.26. The average molecular weight is 324 g/mol. The van der Waals surface area contributed by atoms with Gasteiger partial charge in [0.15, 0.2) is 6.61 Å². The molecule has 0 aliphatic heterocycles. The molecule has 0 bridgehead atoms. The molecule has 0 aliphatic carbocycles. The highest BCUT2D eigenvalue weighted by Crippen LogP contribution is 2.36. The van der Waals surface area contributed by atoms with Crippen molar-refractivity contribution in [1.29, 1.82) is 0 Å². The Balaban J connectivity index is 2.71. The molecule has 0 saturated carbocycles. The van der Waals surface area contributed by atoms with Gasteiger partial charge in [-0.1, -0.05) is 25.4 Å². The van der Waals surface area contributed by atoms with E-state index in [9.17, 15) is 22.8 Å². The van der Waals surface area contributed by atoms with Gasteiger partial charge in [0.1, 0.15) is 0 Å². The maximum absolute atomic E-state index is 12.6. The summed E-state index contributed by atoms with van der Waals surface area (Å²) >= 11 is 5.45. The molecular weight excluding hydrogens is 311 g/mol. The van der Waals surface area contributed by atoms with Crippen LogP contribution in [0, 0.1) is 5.92 Å². The summed E-state index contributed by atoms with van der Waals surface area (Å²) in [7, 11) is 0. The van der Waals surface area contributed by atoms with Gasteiger partial charge in [-0.25, -0.2) is 0 Å². The third-order valence-corrected chi connectivity index (χ3v) is 2.70. The number of hydrogen-bond acceptors (Lipinski definition) is 3. The first-order valence-corrected chi connectivity index (χ1v) is 6.32. The third-order valence-electron chi connectivity index (χ3n) is 2.37. The van der Waals surface area contributed by atoms with Gasteiger partial charge in [0.25, 0.3) is 5.91 Å². The predicted molar refractivity (Wildman–Crippen MR) is 70.9 cm³/mol. The number of ether oxygens (including phenoxy) is 1. The van der Waals surface area contributed by atoms with Crippen LogP contribution in [-0.4, -0.2) is 18.5 Å². The van der Waals surface area contributed by atoms with Crippen molar-refractivity contribution in [3.05, 3.63) is 28.8 Å². The Morgan fingerprint density at radius 3 is 2.48 bits per heavy atom. The van der Waals surface area contributed by atoms with E-state index >= 15 is 0 Å². The zero-order chi connectivity index (χ0) is 16.2. The lowest BCUT2D eigenvalue weighted by molar-refractivity contribution is -0.150. The van der Waals surface area contributed by atoms with Crippen molar-refractivity contribution < 1.29 is 27.5 Å². The van der Waals surface area contributed by atoms with Crippen LogP contribution >= 0.6 is 11.6 Å². The van der Waals surface area contributed by atoms with Crippen molar-refractivity contribution in [2.75, 3.05) is 11.9 Å². The summed E-state index contributed by atoms with van der Waals surface area (Å²) < 4.78 is 42.6. The zero-order valence-corrected chi connectivity index (χ0v) is 12.0. The van der Waals surface area contributed by atoms with Gasteiger partial charge >= 0.3 is 12.1 Å². The van der Waals surface area contributed by atoms with Crippen LogP contribution in [0.1, 0.15) is 19.4 Å². The van der Waals surface area contributed by atoms with Gasteiger partial charge in [-0.05, 0) is 18.2 Å². The van der Waals surface area contributed by atoms with Gasteiger partial charge in [0, 0.05) is 5.69 Å². The van der Waals surface area contributed by atoms with E-state index in [1.54, 1.807) is 13.8 Å². The molecule has 0 atom stereocenters. The van der Waals surface area contributed by atoms with Crippen LogP contribution in [0.2, 0.25) is 5.02 Å². The monoisotopic (exact) mass is 323 g/mol. The molecule has 0 radical (unpaired) electrons. The number of alkyl halides is 3. The molecule has 1 amide bonds. The molecule has 0 spiro atoms. The molecule has 0 unspecified atom stereocenters. The molecule has 1 N–H and O–H groups in total. The molecular formula is C13H13ClF3NO3. The predicted octanol–water partition coefficient (Wildman–Crippen LogP) is 3.50. The lowest BCUT2D eigenvalue weighted by Crippen LogP contribution is -2.23. The number of hydrogen-bond donors (Lipinski definition) is 1. The largest absolute Gasteiger partial charge is 0.455 e. The van der Waals surface area contributed by atoms with E-state index in [0.29, 0.717) is 6.07 Å². The minimum atomic E-state index is -4.62. The number of amides is 1. The van der Waals surface area contributed by atoms with Crippen LogP contribution < -0.4 is 5.32 Å². The molecule has 1 aromatic carbocycles. The van der Waals surface area contributed by atoms with Gasteiger partial charge in [-0.2, -0.15) is 13.2 Å². The van der Waals surface area contributed by atoms with Crippen LogP contribution in [0.5, 0.6) is 0 Å². The summed E-state index contributed by atoms with van der Waals surface area (Å²) in [4.78, 5) is 22.6. The van der Waals surface area contributed by atoms with E-state index in [1.807, 2.05) is 0 Å². The van der Waals surface area contributed by atoms with Gasteiger partial charge in [0.05, 0.1) is 16.5 Å². The van der Waals surface area contributed by atoms with Gasteiger partial charge in [-0.3, -0.25) is 9.59 Å². The Kier molecular flexibility index (Phi) is 5.60. The minimum Gasteiger partial charge on any atom is -0.455 e. The number of rotatable bonds is 4. The normalized spacial score (nSPS) is 11.4. The van der Waals surface area contributed by atoms with Crippen molar-refractivity contribution in [3.8, 4) is 0 Å². The molecule has 0 aromatic heterocycles. The van der Waals surface area contributed by atoms with E-state index in [2.05, 4.69) is 10.1 Å². The fourth-order valence-electron chi connectivity index (χ4n) is 1.32. The Bertz CT molecular complexity index is 544. The number of anilines is 1. The number of benzene rings is 1. The van der Waals surface area contributed by atoms with Gasteiger partial charge in [-0.15, -0.1) is 0 Å². The van der Waals surface area contributed by atoms with E-state index < -0.39 is 41.2 Å². The van der Waals surface area contributed by atoms with Crippen molar-refractivity contribution in [1.82, 2.24) is 0 Å². The van der Waals surface area contributed by atoms with E-state index in [1.165, 1.54) is 6.07 Å². The number of carbonyl (C=O) groups is 2. The lowest BCUT2D eigenvalue weighted by Gasteiger charge is -2.12. The van der Waals surface area contributed by atoms with Crippen LogP contribution in [0.25, 0.3) is 0 Å². The fraction of sp³-hybridized carbons (Fsp3) is 0.385. The molecule has 4 nitrogen and oxygen atoms in total. The Hall–Kier alpha value is -1.76. The minimum absolute atomic E-state index is 0.0858. The first-order chi connectivity index (χ1) is 9.61. The Morgan fingerprint density at radius 2 is 1.95 bits per heavy atom. The lowest BCUT2D eigenvalue weighted by atomic mass is 10.2. The summed E-state index contributed by atoms with van der Waals surface area (Å²) in [6.45, 7) is 2.62. The van der Waals surface area contributed by atoms with Crippen molar-refractivity contribution in [2.45, 2.75) is 20.0 Å².